The average Bonchev–Trinajstić information content (AvgIpc) is 3.98. The molecule has 0 bridgehead atoms. The van der Waals surface area contributed by atoms with Crippen LogP contribution in [0.5, 0.6) is 5.88 Å². The molecule has 0 fully saturated rings. The smallest absolute Gasteiger partial charge is 0.417 e. The van der Waals surface area contributed by atoms with Crippen molar-refractivity contribution >= 4 is 0 Å². The van der Waals surface area contributed by atoms with E-state index in [0.717, 1.165) is 34.5 Å². The van der Waals surface area contributed by atoms with E-state index in [0.29, 0.717) is 35.0 Å². The number of benzene rings is 4. The van der Waals surface area contributed by atoms with E-state index in [4.69, 9.17) is 19.3 Å². The van der Waals surface area contributed by atoms with Crippen molar-refractivity contribution in [1.82, 2.24) is 39.7 Å². The van der Waals surface area contributed by atoms with Crippen LogP contribution in [-0.2, 0) is 31.8 Å². The van der Waals surface area contributed by atoms with Gasteiger partial charge in [0.1, 0.15) is 12.9 Å². The minimum absolute atomic E-state index is 0.0279. The lowest BCUT2D eigenvalue weighted by atomic mass is 9.69. The summed E-state index contributed by atoms with van der Waals surface area (Å²) in [5, 5.41) is 13.5. The first-order valence-corrected chi connectivity index (χ1v) is 17.0. The Hall–Kier alpha value is -6.89. The van der Waals surface area contributed by atoms with E-state index in [1.807, 2.05) is 47.1 Å². The molecule has 0 unspecified atom stereocenters. The molecule has 0 atom stereocenters. The Balaban J connectivity index is 1.05. The average molecular weight is 725 g/mol. The summed E-state index contributed by atoms with van der Waals surface area (Å²) >= 11 is 0. The van der Waals surface area contributed by atoms with Gasteiger partial charge in [-0.15, -0.1) is 0 Å². The Morgan fingerprint density at radius 2 is 1.31 bits per heavy atom. The van der Waals surface area contributed by atoms with Gasteiger partial charge in [-0.05, 0) is 28.8 Å². The molecule has 4 heterocycles. The summed E-state index contributed by atoms with van der Waals surface area (Å²) < 4.78 is 53.6. The molecule has 13 heteroatoms. The van der Waals surface area contributed by atoms with Gasteiger partial charge < -0.3 is 9.26 Å². The molecule has 0 aliphatic carbocycles. The zero-order valence-electron chi connectivity index (χ0n) is 28.8. The third kappa shape index (κ3) is 6.74. The number of rotatable bonds is 11. The van der Waals surface area contributed by atoms with Crippen LogP contribution in [0.1, 0.15) is 27.9 Å². The lowest BCUT2D eigenvalue weighted by Crippen LogP contribution is -2.34. The van der Waals surface area contributed by atoms with Crippen LogP contribution < -0.4 is 4.74 Å². The molecule has 4 aromatic heterocycles. The summed E-state index contributed by atoms with van der Waals surface area (Å²) in [5.74, 6) is 1.10. The van der Waals surface area contributed by atoms with Crippen LogP contribution >= 0.6 is 0 Å². The van der Waals surface area contributed by atoms with Crippen molar-refractivity contribution in [3.05, 3.63) is 174 Å². The summed E-state index contributed by atoms with van der Waals surface area (Å²) in [6.45, 7) is 0.448. The lowest BCUT2D eigenvalue weighted by Gasteiger charge is -2.35. The van der Waals surface area contributed by atoms with Crippen LogP contribution in [0.2, 0.25) is 0 Å². The van der Waals surface area contributed by atoms with Gasteiger partial charge in [-0.25, -0.2) is 9.97 Å². The van der Waals surface area contributed by atoms with E-state index in [9.17, 15) is 13.2 Å². The van der Waals surface area contributed by atoms with Gasteiger partial charge in [0.05, 0.1) is 35.0 Å². The molecular weight excluding hydrogens is 693 g/mol. The van der Waals surface area contributed by atoms with Gasteiger partial charge in [-0.3, -0.25) is 9.36 Å². The monoisotopic (exact) mass is 724 g/mol. The second-order valence-corrected chi connectivity index (χ2v) is 12.6. The lowest BCUT2D eigenvalue weighted by molar-refractivity contribution is -0.137. The highest BCUT2D eigenvalue weighted by atomic mass is 19.4. The Morgan fingerprint density at radius 1 is 0.685 bits per heavy atom. The van der Waals surface area contributed by atoms with Crippen LogP contribution in [-0.4, -0.2) is 39.7 Å². The minimum atomic E-state index is -4.49. The van der Waals surface area contributed by atoms with Crippen molar-refractivity contribution < 1.29 is 22.4 Å². The molecule has 0 saturated carbocycles. The van der Waals surface area contributed by atoms with Crippen LogP contribution in [0.15, 0.2) is 151 Å². The number of aryl methyl sites for hydroxylation is 1. The zero-order chi connectivity index (χ0) is 37.1. The third-order valence-corrected chi connectivity index (χ3v) is 9.25. The second kappa shape index (κ2) is 14.3. The number of pyridine rings is 1. The summed E-state index contributed by atoms with van der Waals surface area (Å²) in [4.78, 5) is 13.1. The first-order valence-electron chi connectivity index (χ1n) is 17.0. The maximum absolute atomic E-state index is 12.9. The number of aromatic nitrogens is 8. The maximum atomic E-state index is 12.9. The van der Waals surface area contributed by atoms with Gasteiger partial charge in [0, 0.05) is 30.4 Å². The van der Waals surface area contributed by atoms with Crippen molar-refractivity contribution in [2.24, 2.45) is 7.05 Å². The van der Waals surface area contributed by atoms with Crippen molar-refractivity contribution in [2.75, 3.05) is 0 Å². The molecule has 54 heavy (non-hydrogen) atoms. The van der Waals surface area contributed by atoms with Crippen LogP contribution in [0, 0.1) is 0 Å². The molecule has 4 aromatic carbocycles. The summed E-state index contributed by atoms with van der Waals surface area (Å²) in [6, 6.07) is 41.0. The van der Waals surface area contributed by atoms with Gasteiger partial charge in [-0.2, -0.15) is 28.4 Å². The molecular formula is C41H31F3N8O2. The zero-order valence-corrected chi connectivity index (χ0v) is 28.8. The van der Waals surface area contributed by atoms with Gasteiger partial charge >= 0.3 is 6.18 Å². The highest BCUT2D eigenvalue weighted by Gasteiger charge is 2.37. The maximum Gasteiger partial charge on any atom is 0.417 e. The number of alkyl halides is 3. The molecule has 0 amide bonds. The SMILES string of the molecule is Cn1ncc(-c2nc(-c3cccc(-c4ncn(CC(c5ccccc5)(c5ccccc5)c5ccccc5)n4)c3)no2)c1COc1ccc(C(F)(F)F)cn1. The van der Waals surface area contributed by atoms with Crippen LogP contribution in [0.3, 0.4) is 0 Å². The van der Waals surface area contributed by atoms with Crippen LogP contribution in [0.25, 0.3) is 34.2 Å². The molecule has 0 radical (unpaired) electrons. The standard InChI is InChI=1S/C41H31F3N8O2/c1-51-35(25-53-36-21-20-33(23-45-36)41(42,43)44)34(24-47-51)39-48-38(50-54-39)29-13-11-12-28(22-29)37-46-27-52(49-37)26-40(30-14-5-2-6-15-30,31-16-7-3-8-17-31)32-18-9-4-10-19-32/h2-24,27H,25-26H2,1H3. The Morgan fingerprint density at radius 3 is 1.91 bits per heavy atom. The number of ether oxygens (including phenoxy) is 1. The van der Waals surface area contributed by atoms with Crippen molar-refractivity contribution in [2.45, 2.75) is 24.7 Å². The van der Waals surface area contributed by atoms with E-state index >= 15 is 0 Å². The van der Waals surface area contributed by atoms with E-state index < -0.39 is 17.2 Å². The molecule has 10 nitrogen and oxygen atoms in total. The molecule has 0 saturated heterocycles. The van der Waals surface area contributed by atoms with E-state index in [2.05, 4.69) is 93.0 Å². The first-order chi connectivity index (χ1) is 26.3. The van der Waals surface area contributed by atoms with Crippen molar-refractivity contribution in [1.29, 1.82) is 0 Å². The fraction of sp³-hybridized carbons (Fsp3) is 0.122. The fourth-order valence-corrected chi connectivity index (χ4v) is 6.52. The highest BCUT2D eigenvalue weighted by molar-refractivity contribution is 5.67. The summed E-state index contributed by atoms with van der Waals surface area (Å²) in [5.41, 5.74) is 4.51. The normalized spacial score (nSPS) is 11.9. The summed E-state index contributed by atoms with van der Waals surface area (Å²) in [6.07, 6.45) is -0.451. The second-order valence-electron chi connectivity index (χ2n) is 12.6. The van der Waals surface area contributed by atoms with Crippen LogP contribution in [0.4, 0.5) is 13.2 Å². The molecule has 0 aliphatic rings. The molecule has 268 valence electrons. The predicted octanol–water partition coefficient (Wildman–Crippen LogP) is 8.42. The topological polar surface area (TPSA) is 110 Å². The quantitative estimate of drug-likeness (QED) is 0.122. The van der Waals surface area contributed by atoms with Gasteiger partial charge in [0.2, 0.25) is 11.7 Å². The summed E-state index contributed by atoms with van der Waals surface area (Å²) in [7, 11) is 1.71. The third-order valence-electron chi connectivity index (χ3n) is 9.25. The molecule has 8 aromatic rings. The van der Waals surface area contributed by atoms with Crippen molar-refractivity contribution in [3.8, 4) is 40.1 Å². The molecule has 0 spiro atoms. The Labute approximate surface area is 307 Å². The number of hydrogen-bond acceptors (Lipinski definition) is 8. The van der Waals surface area contributed by atoms with Crippen molar-refractivity contribution in [3.63, 3.8) is 0 Å². The Bertz CT molecular complexity index is 2380. The molecule has 0 aliphatic heterocycles. The fourth-order valence-electron chi connectivity index (χ4n) is 6.52. The minimum Gasteiger partial charge on any atom is -0.471 e. The number of hydrogen-bond donors (Lipinski definition) is 0. The van der Waals surface area contributed by atoms with Gasteiger partial charge in [-0.1, -0.05) is 114 Å². The first kappa shape index (κ1) is 34.2. The van der Waals surface area contributed by atoms with E-state index in [1.54, 1.807) is 24.3 Å². The van der Waals surface area contributed by atoms with Gasteiger partial charge in [0.15, 0.2) is 5.82 Å². The number of nitrogens with zero attached hydrogens (tertiary/aromatic N) is 8. The molecule has 0 N–H and O–H groups in total. The number of halogens is 3. The highest BCUT2D eigenvalue weighted by Crippen LogP contribution is 2.41. The predicted molar refractivity (Wildman–Crippen MR) is 194 cm³/mol. The largest absolute Gasteiger partial charge is 0.471 e. The van der Waals surface area contributed by atoms with E-state index in [-0.39, 0.29) is 18.4 Å². The van der Waals surface area contributed by atoms with Gasteiger partial charge in [0.25, 0.3) is 5.89 Å². The molecule has 8 rings (SSSR count). The Kier molecular flexibility index (Phi) is 9.04. The van der Waals surface area contributed by atoms with E-state index in [1.165, 1.54) is 6.07 Å².